The minimum atomic E-state index is -0.0566. The van der Waals surface area contributed by atoms with Gasteiger partial charge in [-0.1, -0.05) is 6.07 Å². The number of hydrogen-bond acceptors (Lipinski definition) is 4. The summed E-state index contributed by atoms with van der Waals surface area (Å²) in [6.45, 7) is 0.720. The second-order valence-electron chi connectivity index (χ2n) is 5.54. The summed E-state index contributed by atoms with van der Waals surface area (Å²) in [5.74, 6) is 0.795. The van der Waals surface area contributed by atoms with Crippen molar-refractivity contribution in [2.24, 2.45) is 0 Å². The zero-order valence-electron chi connectivity index (χ0n) is 12.3. The molecule has 0 radical (unpaired) electrons. The Morgan fingerprint density at radius 2 is 2.17 bits per heavy atom. The Bertz CT molecular complexity index is 878. The Labute approximate surface area is 141 Å². The number of pyridine rings is 2. The van der Waals surface area contributed by atoms with Gasteiger partial charge in [-0.3, -0.25) is 14.2 Å². The molecule has 0 aromatic carbocycles. The van der Waals surface area contributed by atoms with E-state index in [1.54, 1.807) is 18.5 Å². The Morgan fingerprint density at radius 1 is 1.26 bits per heavy atom. The molecule has 116 valence electrons. The average Bonchev–Trinajstić information content (AvgIpc) is 3.20. The summed E-state index contributed by atoms with van der Waals surface area (Å²) in [6.07, 6.45) is 7.06. The zero-order valence-corrected chi connectivity index (χ0v) is 13.8. The second-order valence-corrected chi connectivity index (χ2v) is 6.45. The number of fused-ring (bicyclic) bond motifs is 1. The lowest BCUT2D eigenvalue weighted by atomic mass is 10.2. The van der Waals surface area contributed by atoms with Crippen LogP contribution >= 0.6 is 15.9 Å². The summed E-state index contributed by atoms with van der Waals surface area (Å²) in [4.78, 5) is 18.8. The number of halogens is 1. The quantitative estimate of drug-likeness (QED) is 0.694. The highest BCUT2D eigenvalue weighted by molar-refractivity contribution is 9.10. The van der Waals surface area contributed by atoms with E-state index in [4.69, 9.17) is 0 Å². The Kier molecular flexibility index (Phi) is 3.57. The van der Waals surface area contributed by atoms with Crippen molar-refractivity contribution in [1.29, 1.82) is 0 Å². The number of nitrogens with zero attached hydrogens (tertiary/aromatic N) is 5. The molecule has 0 unspecified atom stereocenters. The van der Waals surface area contributed by atoms with Crippen molar-refractivity contribution in [3.63, 3.8) is 0 Å². The summed E-state index contributed by atoms with van der Waals surface area (Å²) < 4.78 is 2.75. The molecule has 1 amide bonds. The first-order valence-electron chi connectivity index (χ1n) is 7.45. The third kappa shape index (κ3) is 2.50. The van der Waals surface area contributed by atoms with Crippen molar-refractivity contribution in [2.75, 3.05) is 6.54 Å². The molecule has 0 saturated carbocycles. The molecular weight excluding hydrogens is 358 g/mol. The fraction of sp³-hybridized carbons (Fsp3) is 0.250. The van der Waals surface area contributed by atoms with E-state index in [0.717, 1.165) is 35.3 Å². The van der Waals surface area contributed by atoms with Crippen molar-refractivity contribution in [3.05, 3.63) is 58.7 Å². The van der Waals surface area contributed by atoms with Crippen LogP contribution in [0, 0.1) is 0 Å². The van der Waals surface area contributed by atoms with Crippen molar-refractivity contribution < 1.29 is 4.79 Å². The molecule has 1 atom stereocenters. The number of likely N-dealkylation sites (tertiary alicyclic amines) is 1. The van der Waals surface area contributed by atoms with Gasteiger partial charge in [0.05, 0.1) is 11.6 Å². The molecule has 0 N–H and O–H groups in total. The van der Waals surface area contributed by atoms with Crippen LogP contribution in [0.5, 0.6) is 0 Å². The van der Waals surface area contributed by atoms with E-state index in [-0.39, 0.29) is 11.9 Å². The molecule has 6 nitrogen and oxygen atoms in total. The predicted molar refractivity (Wildman–Crippen MR) is 87.9 cm³/mol. The largest absolute Gasteiger partial charge is 0.328 e. The number of carbonyl (C=O) groups excluding carboxylic acids is 1. The van der Waals surface area contributed by atoms with Crippen molar-refractivity contribution >= 4 is 27.5 Å². The van der Waals surface area contributed by atoms with Crippen LogP contribution in [0.1, 0.15) is 35.1 Å². The minimum absolute atomic E-state index is 0.0195. The smallest absolute Gasteiger partial charge is 0.256 e. The van der Waals surface area contributed by atoms with E-state index in [9.17, 15) is 4.79 Å². The van der Waals surface area contributed by atoms with Crippen LogP contribution in [-0.2, 0) is 0 Å². The van der Waals surface area contributed by atoms with Gasteiger partial charge in [-0.2, -0.15) is 0 Å². The van der Waals surface area contributed by atoms with Crippen LogP contribution in [0.25, 0.3) is 5.65 Å². The lowest BCUT2D eigenvalue weighted by Gasteiger charge is -2.23. The van der Waals surface area contributed by atoms with Crippen LogP contribution < -0.4 is 0 Å². The summed E-state index contributed by atoms with van der Waals surface area (Å²) in [6, 6.07) is 7.53. The topological polar surface area (TPSA) is 63.4 Å². The Morgan fingerprint density at radius 3 is 3.04 bits per heavy atom. The summed E-state index contributed by atoms with van der Waals surface area (Å²) in [7, 11) is 0. The molecule has 0 bridgehead atoms. The van der Waals surface area contributed by atoms with Crippen molar-refractivity contribution in [1.82, 2.24) is 24.5 Å². The van der Waals surface area contributed by atoms with Crippen LogP contribution in [0.2, 0.25) is 0 Å². The molecule has 0 spiro atoms. The Hall–Kier alpha value is -2.28. The molecule has 4 heterocycles. The SMILES string of the molecule is O=C(c1cncc(Br)c1)N1CCC[C@@H]1c1nnc2ccccn12. The van der Waals surface area contributed by atoms with Crippen LogP contribution in [0.15, 0.2) is 47.3 Å². The van der Waals surface area contributed by atoms with Crippen LogP contribution in [-0.4, -0.2) is 36.9 Å². The highest BCUT2D eigenvalue weighted by Gasteiger charge is 2.33. The first kappa shape index (κ1) is 14.3. The molecule has 23 heavy (non-hydrogen) atoms. The fourth-order valence-corrected chi connectivity index (χ4v) is 3.42. The fourth-order valence-electron chi connectivity index (χ4n) is 3.06. The highest BCUT2D eigenvalue weighted by atomic mass is 79.9. The van der Waals surface area contributed by atoms with E-state index >= 15 is 0 Å². The number of carbonyl (C=O) groups is 1. The molecular formula is C16H14BrN5O. The average molecular weight is 372 g/mol. The summed E-state index contributed by atoms with van der Waals surface area (Å²) >= 11 is 3.37. The van der Waals surface area contributed by atoms with Gasteiger partial charge in [0.2, 0.25) is 0 Å². The van der Waals surface area contributed by atoms with Gasteiger partial charge in [-0.25, -0.2) is 0 Å². The second kappa shape index (κ2) is 5.73. The predicted octanol–water partition coefficient (Wildman–Crippen LogP) is 2.86. The van der Waals surface area contributed by atoms with E-state index in [0.29, 0.717) is 5.56 Å². The van der Waals surface area contributed by atoms with Gasteiger partial charge in [0.25, 0.3) is 5.91 Å². The Balaban J connectivity index is 1.70. The molecule has 1 aliphatic heterocycles. The molecule has 0 aliphatic carbocycles. The zero-order chi connectivity index (χ0) is 15.8. The van der Waals surface area contributed by atoms with E-state index in [2.05, 4.69) is 31.1 Å². The van der Waals surface area contributed by atoms with Gasteiger partial charge >= 0.3 is 0 Å². The summed E-state index contributed by atoms with van der Waals surface area (Å²) in [5, 5.41) is 8.51. The van der Waals surface area contributed by atoms with Crippen LogP contribution in [0.3, 0.4) is 0 Å². The maximum atomic E-state index is 12.8. The molecule has 7 heteroatoms. The van der Waals surface area contributed by atoms with Gasteiger partial charge in [0, 0.05) is 29.6 Å². The lowest BCUT2D eigenvalue weighted by Crippen LogP contribution is -2.31. The molecule has 1 saturated heterocycles. The third-order valence-corrected chi connectivity index (χ3v) is 4.54. The molecule has 1 aliphatic rings. The maximum absolute atomic E-state index is 12.8. The summed E-state index contributed by atoms with van der Waals surface area (Å²) in [5.41, 5.74) is 1.38. The molecule has 4 rings (SSSR count). The van der Waals surface area contributed by atoms with E-state index in [1.165, 1.54) is 0 Å². The van der Waals surface area contributed by atoms with E-state index < -0.39 is 0 Å². The van der Waals surface area contributed by atoms with Gasteiger partial charge in [-0.05, 0) is 47.0 Å². The number of amides is 1. The van der Waals surface area contributed by atoms with Gasteiger partial charge in [-0.15, -0.1) is 10.2 Å². The number of hydrogen-bond donors (Lipinski definition) is 0. The monoisotopic (exact) mass is 371 g/mol. The first-order chi connectivity index (χ1) is 11.2. The van der Waals surface area contributed by atoms with Gasteiger partial charge in [0.15, 0.2) is 11.5 Å². The van der Waals surface area contributed by atoms with Crippen LogP contribution in [0.4, 0.5) is 0 Å². The third-order valence-electron chi connectivity index (χ3n) is 4.10. The lowest BCUT2D eigenvalue weighted by molar-refractivity contribution is 0.0728. The molecule has 3 aromatic heterocycles. The van der Waals surface area contributed by atoms with E-state index in [1.807, 2.05) is 33.7 Å². The number of aromatic nitrogens is 4. The minimum Gasteiger partial charge on any atom is -0.328 e. The van der Waals surface area contributed by atoms with Crippen molar-refractivity contribution in [2.45, 2.75) is 18.9 Å². The molecule has 3 aromatic rings. The normalized spacial score (nSPS) is 17.8. The van der Waals surface area contributed by atoms with Gasteiger partial charge in [0.1, 0.15) is 0 Å². The van der Waals surface area contributed by atoms with Gasteiger partial charge < -0.3 is 4.90 Å². The maximum Gasteiger partial charge on any atom is 0.256 e. The standard InChI is InChI=1S/C16H14BrN5O/c17-12-8-11(9-18-10-12)16(23)21-7-3-4-13(21)15-20-19-14-5-1-2-6-22(14)15/h1-2,5-6,8-10,13H,3-4,7H2/t13-/m1/s1. The molecule has 1 fully saturated rings. The number of rotatable bonds is 2. The highest BCUT2D eigenvalue weighted by Crippen LogP contribution is 2.32. The van der Waals surface area contributed by atoms with Crippen molar-refractivity contribution in [3.8, 4) is 0 Å². The first-order valence-corrected chi connectivity index (χ1v) is 8.24.